The van der Waals surface area contributed by atoms with Crippen LogP contribution < -0.4 is 5.32 Å². The molecule has 1 aromatic heterocycles. The molecule has 4 nitrogen and oxygen atoms in total. The molecule has 0 saturated carbocycles. The van der Waals surface area contributed by atoms with Crippen LogP contribution in [0.1, 0.15) is 38.4 Å². The first kappa shape index (κ1) is 13.1. The Kier molecular flexibility index (Phi) is 4.07. The molecule has 18 heavy (non-hydrogen) atoms. The Morgan fingerprint density at radius 1 is 1.61 bits per heavy atom. The van der Waals surface area contributed by atoms with Gasteiger partial charge in [-0.1, -0.05) is 13.3 Å². The first-order valence-corrected chi connectivity index (χ1v) is 6.71. The Balaban J connectivity index is 2.04. The summed E-state index contributed by atoms with van der Waals surface area (Å²) in [6.45, 7) is 3.61. The molecular weight excluding hydrogens is 228 g/mol. The number of amides is 1. The van der Waals surface area contributed by atoms with Crippen molar-refractivity contribution in [3.63, 3.8) is 0 Å². The van der Waals surface area contributed by atoms with Crippen LogP contribution in [-0.4, -0.2) is 29.9 Å². The Bertz CT molecular complexity index is 381. The van der Waals surface area contributed by atoms with Gasteiger partial charge in [-0.25, -0.2) is 0 Å². The predicted molar refractivity (Wildman–Crippen MR) is 70.1 cm³/mol. The summed E-state index contributed by atoms with van der Waals surface area (Å²) >= 11 is 0. The summed E-state index contributed by atoms with van der Waals surface area (Å²) < 4.78 is 5.30. The van der Waals surface area contributed by atoms with E-state index >= 15 is 0 Å². The molecule has 1 aliphatic rings. The van der Waals surface area contributed by atoms with Crippen LogP contribution in [0.25, 0.3) is 0 Å². The summed E-state index contributed by atoms with van der Waals surface area (Å²) in [5.41, 5.74) is -0.337. The van der Waals surface area contributed by atoms with Crippen LogP contribution in [0.3, 0.4) is 0 Å². The smallest absolute Gasteiger partial charge is 0.243 e. The average molecular weight is 250 g/mol. The van der Waals surface area contributed by atoms with Gasteiger partial charge in [-0.15, -0.1) is 0 Å². The van der Waals surface area contributed by atoms with Crippen LogP contribution >= 0.6 is 0 Å². The van der Waals surface area contributed by atoms with Crippen molar-refractivity contribution in [1.82, 2.24) is 10.2 Å². The largest absolute Gasteiger partial charge is 0.467 e. The molecule has 1 aromatic rings. The molecule has 0 aromatic carbocycles. The number of hydrogen-bond acceptors (Lipinski definition) is 3. The molecule has 0 radical (unpaired) electrons. The van der Waals surface area contributed by atoms with E-state index in [1.165, 1.54) is 0 Å². The minimum atomic E-state index is -0.337. The summed E-state index contributed by atoms with van der Waals surface area (Å²) in [4.78, 5) is 14.4. The molecule has 0 bridgehead atoms. The zero-order valence-corrected chi connectivity index (χ0v) is 11.2. The Hall–Kier alpha value is -1.29. The molecule has 4 heteroatoms. The second kappa shape index (κ2) is 5.57. The van der Waals surface area contributed by atoms with Crippen molar-refractivity contribution in [3.05, 3.63) is 24.2 Å². The fourth-order valence-electron chi connectivity index (χ4n) is 2.81. The number of furan rings is 1. The van der Waals surface area contributed by atoms with Gasteiger partial charge >= 0.3 is 0 Å². The number of carbonyl (C=O) groups is 1. The lowest BCUT2D eigenvalue weighted by Crippen LogP contribution is -2.53. The first-order chi connectivity index (χ1) is 8.68. The van der Waals surface area contributed by atoms with E-state index in [4.69, 9.17) is 4.42 Å². The van der Waals surface area contributed by atoms with E-state index in [1.807, 2.05) is 19.2 Å². The fraction of sp³-hybridized carbons (Fsp3) is 0.643. The second-order valence-electron chi connectivity index (χ2n) is 5.10. The molecule has 1 saturated heterocycles. The molecule has 1 fully saturated rings. The van der Waals surface area contributed by atoms with Gasteiger partial charge in [0.1, 0.15) is 5.76 Å². The highest BCUT2D eigenvalue weighted by molar-refractivity contribution is 5.86. The van der Waals surface area contributed by atoms with Gasteiger partial charge in [0.2, 0.25) is 5.91 Å². The van der Waals surface area contributed by atoms with Crippen molar-refractivity contribution in [2.45, 2.75) is 44.7 Å². The van der Waals surface area contributed by atoms with Gasteiger partial charge in [0, 0.05) is 7.05 Å². The minimum absolute atomic E-state index is 0.193. The van der Waals surface area contributed by atoms with E-state index in [2.05, 4.69) is 12.2 Å². The Morgan fingerprint density at radius 2 is 2.44 bits per heavy atom. The Labute approximate surface area is 108 Å². The highest BCUT2D eigenvalue weighted by Crippen LogP contribution is 2.27. The van der Waals surface area contributed by atoms with E-state index in [0.717, 1.165) is 38.0 Å². The van der Waals surface area contributed by atoms with Crippen molar-refractivity contribution >= 4 is 5.91 Å². The quantitative estimate of drug-likeness (QED) is 0.871. The number of likely N-dealkylation sites (N-methyl/N-ethyl adjacent to an activating group) is 1. The van der Waals surface area contributed by atoms with Crippen LogP contribution in [0.2, 0.25) is 0 Å². The lowest BCUT2D eigenvalue weighted by atomic mass is 9.90. The van der Waals surface area contributed by atoms with E-state index in [-0.39, 0.29) is 11.4 Å². The fourth-order valence-corrected chi connectivity index (χ4v) is 2.81. The molecular formula is C14H22N2O2. The maximum atomic E-state index is 12.6. The second-order valence-corrected chi connectivity index (χ2v) is 5.10. The third-order valence-corrected chi connectivity index (χ3v) is 3.65. The molecule has 0 aliphatic carbocycles. The summed E-state index contributed by atoms with van der Waals surface area (Å²) in [6, 6.07) is 3.75. The monoisotopic (exact) mass is 250 g/mol. The average Bonchev–Trinajstić information content (AvgIpc) is 3.00. The highest BCUT2D eigenvalue weighted by Gasteiger charge is 2.41. The zero-order chi connectivity index (χ0) is 13.0. The summed E-state index contributed by atoms with van der Waals surface area (Å²) in [5, 5.41) is 3.41. The first-order valence-electron chi connectivity index (χ1n) is 6.71. The van der Waals surface area contributed by atoms with E-state index in [0.29, 0.717) is 6.54 Å². The minimum Gasteiger partial charge on any atom is -0.467 e. The van der Waals surface area contributed by atoms with Gasteiger partial charge in [-0.3, -0.25) is 4.79 Å². The third kappa shape index (κ3) is 2.58. The topological polar surface area (TPSA) is 45.5 Å². The number of nitrogens with zero attached hydrogens (tertiary/aromatic N) is 1. The normalized spacial score (nSPS) is 23.2. The molecule has 1 unspecified atom stereocenters. The molecule has 0 spiro atoms. The van der Waals surface area contributed by atoms with Crippen LogP contribution in [0, 0.1) is 0 Å². The van der Waals surface area contributed by atoms with Crippen LogP contribution in [0.4, 0.5) is 0 Å². The third-order valence-electron chi connectivity index (χ3n) is 3.65. The van der Waals surface area contributed by atoms with E-state index in [9.17, 15) is 4.79 Å². The van der Waals surface area contributed by atoms with Crippen molar-refractivity contribution < 1.29 is 9.21 Å². The molecule has 1 amide bonds. The van der Waals surface area contributed by atoms with Crippen LogP contribution in [0.15, 0.2) is 22.8 Å². The van der Waals surface area contributed by atoms with Gasteiger partial charge in [-0.05, 0) is 37.9 Å². The SMILES string of the molecule is CCCC1(C(=O)N(C)Cc2ccco2)CCCN1. The van der Waals surface area contributed by atoms with E-state index in [1.54, 1.807) is 11.2 Å². The maximum Gasteiger partial charge on any atom is 0.243 e. The summed E-state index contributed by atoms with van der Waals surface area (Å²) in [6.07, 6.45) is 5.60. The maximum absolute atomic E-state index is 12.6. The van der Waals surface area contributed by atoms with Crippen LogP contribution in [-0.2, 0) is 11.3 Å². The molecule has 2 heterocycles. The lowest BCUT2D eigenvalue weighted by Gasteiger charge is -2.32. The molecule has 1 aliphatic heterocycles. The standard InChI is InChI=1S/C14H22N2O2/c1-3-7-14(8-5-9-15-14)13(17)16(2)11-12-6-4-10-18-12/h4,6,10,15H,3,5,7-9,11H2,1-2H3. The lowest BCUT2D eigenvalue weighted by molar-refractivity contribution is -0.137. The molecule has 1 N–H and O–H groups in total. The molecule has 1 atom stereocenters. The number of carbonyl (C=O) groups excluding carboxylic acids is 1. The van der Waals surface area contributed by atoms with Gasteiger partial charge in [0.15, 0.2) is 0 Å². The van der Waals surface area contributed by atoms with Crippen molar-refractivity contribution in [3.8, 4) is 0 Å². The van der Waals surface area contributed by atoms with Gasteiger partial charge in [0.25, 0.3) is 0 Å². The summed E-state index contributed by atoms with van der Waals surface area (Å²) in [5.74, 6) is 1.02. The van der Waals surface area contributed by atoms with Crippen molar-refractivity contribution in [2.75, 3.05) is 13.6 Å². The zero-order valence-electron chi connectivity index (χ0n) is 11.2. The summed E-state index contributed by atoms with van der Waals surface area (Å²) in [7, 11) is 1.85. The number of rotatable bonds is 5. The van der Waals surface area contributed by atoms with Crippen LogP contribution in [0.5, 0.6) is 0 Å². The van der Waals surface area contributed by atoms with E-state index < -0.39 is 0 Å². The Morgan fingerprint density at radius 3 is 3.00 bits per heavy atom. The molecule has 100 valence electrons. The number of hydrogen-bond donors (Lipinski definition) is 1. The van der Waals surface area contributed by atoms with Gasteiger partial charge in [0.05, 0.1) is 18.3 Å². The molecule has 2 rings (SSSR count). The predicted octanol–water partition coefficient (Wildman–Crippen LogP) is 2.16. The van der Waals surface area contributed by atoms with Crippen molar-refractivity contribution in [1.29, 1.82) is 0 Å². The number of nitrogens with one attached hydrogen (secondary N) is 1. The van der Waals surface area contributed by atoms with Gasteiger partial charge < -0.3 is 14.6 Å². The van der Waals surface area contributed by atoms with Gasteiger partial charge in [-0.2, -0.15) is 0 Å². The van der Waals surface area contributed by atoms with Crippen molar-refractivity contribution in [2.24, 2.45) is 0 Å². The highest BCUT2D eigenvalue weighted by atomic mass is 16.3.